The maximum atomic E-state index is 4.97. The summed E-state index contributed by atoms with van der Waals surface area (Å²) >= 11 is 0. The summed E-state index contributed by atoms with van der Waals surface area (Å²) in [5.74, 6) is 0.628. The van der Waals surface area contributed by atoms with Gasteiger partial charge in [0.1, 0.15) is 0 Å². The second-order valence-electron chi connectivity index (χ2n) is 9.80. The molecule has 2 aromatic carbocycles. The van der Waals surface area contributed by atoms with Crippen molar-refractivity contribution in [1.82, 2.24) is 29.9 Å². The minimum atomic E-state index is 0.628. The van der Waals surface area contributed by atoms with Gasteiger partial charge >= 0.3 is 0 Å². The minimum absolute atomic E-state index is 0.628. The molecule has 0 atom stereocenters. The summed E-state index contributed by atoms with van der Waals surface area (Å²) in [6.45, 7) is 6.08. The van der Waals surface area contributed by atoms with Crippen molar-refractivity contribution < 1.29 is 0 Å². The van der Waals surface area contributed by atoms with Crippen molar-refractivity contribution >= 4 is 27.9 Å². The number of pyridine rings is 4. The van der Waals surface area contributed by atoms with Gasteiger partial charge in [-0.2, -0.15) is 0 Å². The van der Waals surface area contributed by atoms with E-state index in [0.29, 0.717) is 5.82 Å². The zero-order valence-corrected chi connectivity index (χ0v) is 22.4. The number of hydrogen-bond donors (Lipinski definition) is 0. The highest BCUT2D eigenvalue weighted by molar-refractivity contribution is 6.03. The fourth-order valence-corrected chi connectivity index (χ4v) is 5.04. The first-order valence-electron chi connectivity index (χ1n) is 13.3. The Balaban J connectivity index is 1.39. The minimum Gasteiger partial charge on any atom is -0.254 e. The van der Waals surface area contributed by atoms with E-state index < -0.39 is 0 Å². The fourth-order valence-electron chi connectivity index (χ4n) is 5.04. The zero-order valence-electron chi connectivity index (χ0n) is 22.4. The molecule has 0 aliphatic carbocycles. The number of aryl methyl sites for hydroxylation is 1. The maximum absolute atomic E-state index is 4.97. The lowest BCUT2D eigenvalue weighted by molar-refractivity contribution is 1.17. The molecule has 6 heteroatoms. The molecule has 6 nitrogen and oxygen atoms in total. The first-order valence-corrected chi connectivity index (χ1v) is 13.3. The molecule has 0 radical (unpaired) electrons. The van der Waals surface area contributed by atoms with E-state index in [1.807, 2.05) is 86.1 Å². The zero-order chi connectivity index (χ0) is 27.8. The molecule has 0 amide bonds. The van der Waals surface area contributed by atoms with Gasteiger partial charge in [-0.25, -0.2) is 9.97 Å². The normalized spacial score (nSPS) is 11.1. The van der Waals surface area contributed by atoms with Crippen LogP contribution in [0.4, 0.5) is 0 Å². The standard InChI is InChI=1S/C35H24N6/c1-3-23-17-27(20-38-32(23)31-22(2)9-7-15-36-31)29-19-30(41-35(40-29)25-10-5-4-6-11-25)28-18-26-14-13-24-12-8-16-37-33(24)34(26)39-21-28/h3-21H,1H2,2H3. The lowest BCUT2D eigenvalue weighted by atomic mass is 10.0. The van der Waals surface area contributed by atoms with Gasteiger partial charge < -0.3 is 0 Å². The molecule has 0 saturated carbocycles. The molecule has 0 aliphatic heterocycles. The van der Waals surface area contributed by atoms with Crippen LogP contribution in [0.15, 0.2) is 116 Å². The van der Waals surface area contributed by atoms with E-state index in [2.05, 4.69) is 40.8 Å². The van der Waals surface area contributed by atoms with E-state index >= 15 is 0 Å². The number of benzene rings is 2. The van der Waals surface area contributed by atoms with Crippen molar-refractivity contribution in [2.24, 2.45) is 0 Å². The van der Waals surface area contributed by atoms with Gasteiger partial charge in [-0.05, 0) is 42.8 Å². The van der Waals surface area contributed by atoms with Gasteiger partial charge in [-0.15, -0.1) is 0 Å². The largest absolute Gasteiger partial charge is 0.254 e. The van der Waals surface area contributed by atoms with Crippen LogP contribution in [0.1, 0.15) is 11.1 Å². The Labute approximate surface area is 237 Å². The topological polar surface area (TPSA) is 77.3 Å². The van der Waals surface area contributed by atoms with Gasteiger partial charge in [0.2, 0.25) is 0 Å². The van der Waals surface area contributed by atoms with Crippen LogP contribution in [-0.4, -0.2) is 29.9 Å². The van der Waals surface area contributed by atoms with Crippen molar-refractivity contribution in [3.05, 3.63) is 127 Å². The average molecular weight is 529 g/mol. The molecule has 41 heavy (non-hydrogen) atoms. The summed E-state index contributed by atoms with van der Waals surface area (Å²) < 4.78 is 0. The number of hydrogen-bond acceptors (Lipinski definition) is 6. The monoisotopic (exact) mass is 528 g/mol. The Hall–Kier alpha value is -5.62. The van der Waals surface area contributed by atoms with Gasteiger partial charge in [0.15, 0.2) is 5.82 Å². The molecule has 0 aliphatic rings. The van der Waals surface area contributed by atoms with Crippen LogP contribution in [0.2, 0.25) is 0 Å². The van der Waals surface area contributed by atoms with Crippen LogP contribution < -0.4 is 0 Å². The Morgan fingerprint density at radius 1 is 0.585 bits per heavy atom. The van der Waals surface area contributed by atoms with Crippen LogP contribution in [0.25, 0.3) is 73.2 Å². The first kappa shape index (κ1) is 24.4. The summed E-state index contributed by atoms with van der Waals surface area (Å²) in [6, 6.07) is 28.2. The van der Waals surface area contributed by atoms with Gasteiger partial charge in [0, 0.05) is 57.8 Å². The highest BCUT2D eigenvalue weighted by Gasteiger charge is 2.15. The van der Waals surface area contributed by atoms with Crippen molar-refractivity contribution in [2.75, 3.05) is 0 Å². The predicted octanol–water partition coefficient (Wildman–Crippen LogP) is 7.98. The molecule has 0 saturated heterocycles. The van der Waals surface area contributed by atoms with Crippen molar-refractivity contribution in [1.29, 1.82) is 0 Å². The van der Waals surface area contributed by atoms with Crippen molar-refractivity contribution in [3.8, 4) is 45.3 Å². The van der Waals surface area contributed by atoms with Crippen LogP contribution in [0, 0.1) is 6.92 Å². The number of aromatic nitrogens is 6. The smallest absolute Gasteiger partial charge is 0.160 e. The van der Waals surface area contributed by atoms with Crippen LogP contribution in [0.5, 0.6) is 0 Å². The quantitative estimate of drug-likeness (QED) is 0.211. The molecule has 7 aromatic rings. The van der Waals surface area contributed by atoms with E-state index in [1.54, 1.807) is 12.4 Å². The fraction of sp³-hybridized carbons (Fsp3) is 0.0286. The predicted molar refractivity (Wildman–Crippen MR) is 165 cm³/mol. The van der Waals surface area contributed by atoms with E-state index in [-0.39, 0.29) is 0 Å². The van der Waals surface area contributed by atoms with E-state index in [9.17, 15) is 0 Å². The molecular formula is C35H24N6. The summed E-state index contributed by atoms with van der Waals surface area (Å²) in [4.78, 5) is 28.7. The van der Waals surface area contributed by atoms with Crippen LogP contribution >= 0.6 is 0 Å². The SMILES string of the molecule is C=Cc1cc(-c2cc(-c3cnc4c(ccc5cccnc54)c3)nc(-c3ccccc3)n2)cnc1-c1ncccc1C. The second kappa shape index (κ2) is 10.2. The Bertz CT molecular complexity index is 2090. The third-order valence-electron chi connectivity index (χ3n) is 7.14. The molecular weight excluding hydrogens is 504 g/mol. The van der Waals surface area contributed by atoms with E-state index in [4.69, 9.17) is 19.9 Å². The Morgan fingerprint density at radius 2 is 1.29 bits per heavy atom. The molecule has 5 heterocycles. The van der Waals surface area contributed by atoms with Gasteiger partial charge in [-0.1, -0.05) is 67.3 Å². The number of rotatable bonds is 5. The Kier molecular flexibility index (Phi) is 6.06. The third-order valence-corrected chi connectivity index (χ3v) is 7.14. The highest BCUT2D eigenvalue weighted by Crippen LogP contribution is 2.32. The Morgan fingerprint density at radius 3 is 2.10 bits per heavy atom. The van der Waals surface area contributed by atoms with Crippen LogP contribution in [0.3, 0.4) is 0 Å². The van der Waals surface area contributed by atoms with Gasteiger partial charge in [0.25, 0.3) is 0 Å². The molecule has 194 valence electrons. The van der Waals surface area contributed by atoms with Crippen molar-refractivity contribution in [3.63, 3.8) is 0 Å². The van der Waals surface area contributed by atoms with E-state index in [0.717, 1.165) is 72.4 Å². The average Bonchev–Trinajstić information content (AvgIpc) is 3.04. The summed E-state index contributed by atoms with van der Waals surface area (Å²) in [7, 11) is 0. The molecule has 0 fully saturated rings. The first-order chi connectivity index (χ1) is 20.2. The van der Waals surface area contributed by atoms with Gasteiger partial charge in [-0.3, -0.25) is 19.9 Å². The molecule has 7 rings (SSSR count). The van der Waals surface area contributed by atoms with Crippen LogP contribution in [-0.2, 0) is 0 Å². The van der Waals surface area contributed by atoms with Gasteiger partial charge in [0.05, 0.1) is 33.8 Å². The highest BCUT2D eigenvalue weighted by atomic mass is 14.9. The second-order valence-corrected chi connectivity index (χ2v) is 9.80. The molecule has 0 bridgehead atoms. The molecule has 0 spiro atoms. The van der Waals surface area contributed by atoms with E-state index in [1.165, 1.54) is 0 Å². The third kappa shape index (κ3) is 4.51. The lowest BCUT2D eigenvalue weighted by Gasteiger charge is -2.12. The summed E-state index contributed by atoms with van der Waals surface area (Å²) in [6.07, 6.45) is 9.09. The summed E-state index contributed by atoms with van der Waals surface area (Å²) in [5.41, 5.74) is 9.54. The molecule has 5 aromatic heterocycles. The van der Waals surface area contributed by atoms with Crippen molar-refractivity contribution in [2.45, 2.75) is 6.92 Å². The lowest BCUT2D eigenvalue weighted by Crippen LogP contribution is -1.98. The summed E-state index contributed by atoms with van der Waals surface area (Å²) in [5, 5.41) is 2.06. The maximum Gasteiger partial charge on any atom is 0.160 e. The number of fused-ring (bicyclic) bond motifs is 3. The molecule has 0 N–H and O–H groups in total. The number of nitrogens with zero attached hydrogens (tertiary/aromatic N) is 6. The molecule has 0 unspecified atom stereocenters.